The first-order valence-corrected chi connectivity index (χ1v) is 2.91. The van der Waals surface area contributed by atoms with Gasteiger partial charge in [0.05, 0.1) is 6.61 Å². The molecule has 0 spiro atoms. The Balaban J connectivity index is 3.04. The molecule has 1 N–H and O–H groups in total. The summed E-state index contributed by atoms with van der Waals surface area (Å²) in [6, 6.07) is 0. The molecule has 2 nitrogen and oxygen atoms in total. The highest BCUT2D eigenvalue weighted by molar-refractivity contribution is 4.48. The highest BCUT2D eigenvalue weighted by Crippen LogP contribution is 2.20. The van der Waals surface area contributed by atoms with E-state index in [0.29, 0.717) is 0 Å². The Kier molecular flexibility index (Phi) is 4.38. The first-order valence-electron chi connectivity index (χ1n) is 2.91. The fourth-order valence-electron chi connectivity index (χ4n) is 0.447. The predicted octanol–water partition coefficient (Wildman–Crippen LogP) is 1.48. The van der Waals surface area contributed by atoms with Crippen LogP contribution in [0.15, 0.2) is 0 Å². The molecule has 0 aromatic carbocycles. The summed E-state index contributed by atoms with van der Waals surface area (Å²) in [6.07, 6.45) is -4.84. The van der Waals surface area contributed by atoms with E-state index in [1.54, 1.807) is 0 Å². The maximum Gasteiger partial charge on any atom is 0.389 e. The second kappa shape index (κ2) is 4.51. The summed E-state index contributed by atoms with van der Waals surface area (Å²) in [7, 11) is 1.51. The van der Waals surface area contributed by atoms with Crippen molar-refractivity contribution in [2.45, 2.75) is 19.0 Å². The molecule has 0 aliphatic heterocycles. The fraction of sp³-hybridized carbons (Fsp3) is 1.00. The van der Waals surface area contributed by atoms with Crippen LogP contribution in [0.3, 0.4) is 0 Å². The average molecular weight is 157 g/mol. The molecular weight excluding hydrogens is 147 g/mol. The molecule has 0 rings (SSSR count). The van der Waals surface area contributed by atoms with Gasteiger partial charge in [-0.15, -0.1) is 0 Å². The van der Waals surface area contributed by atoms with Gasteiger partial charge < -0.3 is 4.84 Å². The topological polar surface area (TPSA) is 21.3 Å². The van der Waals surface area contributed by atoms with E-state index in [1.165, 1.54) is 7.05 Å². The minimum Gasteiger partial charge on any atom is -0.302 e. The zero-order chi connectivity index (χ0) is 8.04. The van der Waals surface area contributed by atoms with Crippen molar-refractivity contribution < 1.29 is 18.0 Å². The lowest BCUT2D eigenvalue weighted by Gasteiger charge is -2.04. The Bertz CT molecular complexity index is 83.5. The largest absolute Gasteiger partial charge is 0.389 e. The Morgan fingerprint density at radius 1 is 1.40 bits per heavy atom. The van der Waals surface area contributed by atoms with Gasteiger partial charge in [0.25, 0.3) is 0 Å². The Labute approximate surface area is 57.3 Å². The van der Waals surface area contributed by atoms with Crippen LogP contribution in [0.5, 0.6) is 0 Å². The van der Waals surface area contributed by atoms with Gasteiger partial charge in [-0.1, -0.05) is 0 Å². The molecule has 10 heavy (non-hydrogen) atoms. The van der Waals surface area contributed by atoms with Gasteiger partial charge in [0, 0.05) is 13.5 Å². The van der Waals surface area contributed by atoms with Crippen LogP contribution in [0.1, 0.15) is 12.8 Å². The van der Waals surface area contributed by atoms with E-state index in [0.717, 1.165) is 0 Å². The summed E-state index contributed by atoms with van der Waals surface area (Å²) in [4.78, 5) is 4.48. The molecule has 0 radical (unpaired) electrons. The summed E-state index contributed by atoms with van der Waals surface area (Å²) in [5, 5.41) is 0. The van der Waals surface area contributed by atoms with E-state index in [4.69, 9.17) is 0 Å². The normalized spacial score (nSPS) is 12.0. The third kappa shape index (κ3) is 7.71. The van der Waals surface area contributed by atoms with Gasteiger partial charge in [-0.2, -0.15) is 13.2 Å². The fourth-order valence-corrected chi connectivity index (χ4v) is 0.447. The molecule has 0 amide bonds. The molecule has 0 bridgehead atoms. The van der Waals surface area contributed by atoms with Gasteiger partial charge in [0.15, 0.2) is 0 Å². The first kappa shape index (κ1) is 9.71. The van der Waals surface area contributed by atoms with Crippen molar-refractivity contribution in [1.29, 1.82) is 0 Å². The maximum atomic E-state index is 11.4. The molecule has 5 heteroatoms. The van der Waals surface area contributed by atoms with Crippen LogP contribution in [0, 0.1) is 0 Å². The molecule has 0 unspecified atom stereocenters. The van der Waals surface area contributed by atoms with Crippen LogP contribution in [0.4, 0.5) is 13.2 Å². The molecule has 0 saturated carbocycles. The van der Waals surface area contributed by atoms with Gasteiger partial charge >= 0.3 is 6.18 Å². The number of hydroxylamine groups is 1. The molecule has 0 heterocycles. The maximum absolute atomic E-state index is 11.4. The predicted molar refractivity (Wildman–Crippen MR) is 30.3 cm³/mol. The monoisotopic (exact) mass is 157 g/mol. The van der Waals surface area contributed by atoms with Crippen molar-refractivity contribution in [3.63, 3.8) is 0 Å². The minimum atomic E-state index is -4.06. The molecule has 0 aromatic heterocycles. The van der Waals surface area contributed by atoms with Gasteiger partial charge in [0.2, 0.25) is 0 Å². The summed E-state index contributed by atoms with van der Waals surface area (Å²) in [6.45, 7) is 0.0933. The minimum absolute atomic E-state index is 0.00431. The van der Waals surface area contributed by atoms with E-state index < -0.39 is 12.6 Å². The molecule has 0 atom stereocenters. The van der Waals surface area contributed by atoms with Crippen molar-refractivity contribution in [2.24, 2.45) is 0 Å². The van der Waals surface area contributed by atoms with Gasteiger partial charge in [-0.05, 0) is 6.42 Å². The number of alkyl halides is 3. The number of nitrogens with one attached hydrogen (secondary N) is 1. The van der Waals surface area contributed by atoms with Crippen LogP contribution < -0.4 is 5.48 Å². The average Bonchev–Trinajstić information content (AvgIpc) is 1.78. The summed E-state index contributed by atoms with van der Waals surface area (Å²) in [5.41, 5.74) is 2.29. The third-order valence-corrected chi connectivity index (χ3v) is 0.851. The van der Waals surface area contributed by atoms with Gasteiger partial charge in [0.1, 0.15) is 0 Å². The van der Waals surface area contributed by atoms with E-state index in [1.807, 2.05) is 0 Å². The van der Waals surface area contributed by atoms with Crippen molar-refractivity contribution in [3.8, 4) is 0 Å². The van der Waals surface area contributed by atoms with Gasteiger partial charge in [-0.3, -0.25) is 0 Å². The van der Waals surface area contributed by atoms with E-state index in [-0.39, 0.29) is 13.0 Å². The van der Waals surface area contributed by atoms with E-state index >= 15 is 0 Å². The third-order valence-electron chi connectivity index (χ3n) is 0.851. The van der Waals surface area contributed by atoms with Crippen LogP contribution >= 0.6 is 0 Å². The number of hydrogen-bond acceptors (Lipinski definition) is 2. The lowest BCUT2D eigenvalue weighted by atomic mass is 10.3. The zero-order valence-corrected chi connectivity index (χ0v) is 5.66. The molecule has 0 fully saturated rings. The standard InChI is InChI=1S/C5H10F3NO/c1-9-10-4-2-3-5(6,7)8/h9H,2-4H2,1H3. The van der Waals surface area contributed by atoms with Crippen LogP contribution in [0.25, 0.3) is 0 Å². The van der Waals surface area contributed by atoms with E-state index in [9.17, 15) is 13.2 Å². The second-order valence-corrected chi connectivity index (χ2v) is 1.77. The lowest BCUT2D eigenvalue weighted by molar-refractivity contribution is -0.139. The highest BCUT2D eigenvalue weighted by Gasteiger charge is 2.25. The molecule has 0 aliphatic carbocycles. The quantitative estimate of drug-likeness (QED) is 0.493. The Hall–Kier alpha value is -0.290. The summed E-state index contributed by atoms with van der Waals surface area (Å²) < 4.78 is 34.2. The number of halogens is 3. The van der Waals surface area contributed by atoms with Crippen LogP contribution in [0.2, 0.25) is 0 Å². The highest BCUT2D eigenvalue weighted by atomic mass is 19.4. The number of rotatable bonds is 4. The number of hydrogen-bond donors (Lipinski definition) is 1. The van der Waals surface area contributed by atoms with Crippen LogP contribution in [-0.4, -0.2) is 19.8 Å². The van der Waals surface area contributed by atoms with Crippen molar-refractivity contribution in [1.82, 2.24) is 5.48 Å². The molecule has 0 saturated heterocycles. The van der Waals surface area contributed by atoms with Gasteiger partial charge in [-0.25, -0.2) is 5.48 Å². The zero-order valence-electron chi connectivity index (χ0n) is 5.66. The van der Waals surface area contributed by atoms with Crippen molar-refractivity contribution in [2.75, 3.05) is 13.7 Å². The smallest absolute Gasteiger partial charge is 0.302 e. The SMILES string of the molecule is CNOCCCC(F)(F)F. The lowest BCUT2D eigenvalue weighted by Crippen LogP contribution is -2.12. The molecule has 62 valence electrons. The molecular formula is C5H10F3NO. The van der Waals surface area contributed by atoms with Crippen molar-refractivity contribution in [3.05, 3.63) is 0 Å². The van der Waals surface area contributed by atoms with E-state index in [2.05, 4.69) is 10.3 Å². The first-order chi connectivity index (χ1) is 4.56. The molecule has 0 aromatic rings. The Morgan fingerprint density at radius 3 is 2.40 bits per heavy atom. The molecule has 0 aliphatic rings. The van der Waals surface area contributed by atoms with Crippen molar-refractivity contribution >= 4 is 0 Å². The Morgan fingerprint density at radius 2 is 2.00 bits per heavy atom. The second-order valence-electron chi connectivity index (χ2n) is 1.77. The summed E-state index contributed by atoms with van der Waals surface area (Å²) >= 11 is 0. The van der Waals surface area contributed by atoms with Crippen LogP contribution in [-0.2, 0) is 4.84 Å². The summed E-state index contributed by atoms with van der Waals surface area (Å²) in [5.74, 6) is 0.